The molecule has 132 valence electrons. The number of nitrogens with one attached hydrogen (secondary N) is 2. The highest BCUT2D eigenvalue weighted by Gasteiger charge is 2.11. The zero-order valence-corrected chi connectivity index (χ0v) is 14.1. The van der Waals surface area contributed by atoms with E-state index in [2.05, 4.69) is 10.6 Å². The summed E-state index contributed by atoms with van der Waals surface area (Å²) in [7, 11) is 1.69. The lowest BCUT2D eigenvalue weighted by Gasteiger charge is -2.18. The molecule has 0 heterocycles. The quantitative estimate of drug-likeness (QED) is 0.636. The van der Waals surface area contributed by atoms with Gasteiger partial charge < -0.3 is 20.6 Å². The van der Waals surface area contributed by atoms with E-state index in [1.165, 1.54) is 0 Å². The summed E-state index contributed by atoms with van der Waals surface area (Å²) in [4.78, 5) is 35.7. The number of aliphatic carboxylic acids is 1. The fraction of sp³-hybridized carbons (Fsp3) is 0.471. The zero-order chi connectivity index (χ0) is 17.9. The van der Waals surface area contributed by atoms with Gasteiger partial charge in [0.15, 0.2) is 0 Å². The maximum atomic E-state index is 11.9. The van der Waals surface area contributed by atoms with Crippen molar-refractivity contribution in [2.45, 2.75) is 26.3 Å². The first-order valence-electron chi connectivity index (χ1n) is 7.90. The van der Waals surface area contributed by atoms with Gasteiger partial charge in [0.1, 0.15) is 0 Å². The second kappa shape index (κ2) is 10.3. The van der Waals surface area contributed by atoms with E-state index in [0.29, 0.717) is 13.1 Å². The molecule has 1 unspecified atom stereocenters. The number of benzene rings is 1. The van der Waals surface area contributed by atoms with Crippen LogP contribution in [-0.4, -0.2) is 48.1 Å². The minimum atomic E-state index is -0.884. The molecule has 7 heteroatoms. The molecular formula is C17H25N3O4. The summed E-state index contributed by atoms with van der Waals surface area (Å²) in [6, 6.07) is 9.38. The molecule has 0 radical (unpaired) electrons. The normalized spacial score (nSPS) is 11.4. The number of amides is 3. The van der Waals surface area contributed by atoms with Gasteiger partial charge in [0, 0.05) is 39.5 Å². The number of hydrogen-bond donors (Lipinski definition) is 3. The highest BCUT2D eigenvalue weighted by atomic mass is 16.4. The van der Waals surface area contributed by atoms with Gasteiger partial charge in [-0.25, -0.2) is 4.79 Å². The van der Waals surface area contributed by atoms with Gasteiger partial charge in [-0.1, -0.05) is 37.3 Å². The molecule has 0 aliphatic carbocycles. The van der Waals surface area contributed by atoms with E-state index in [1.807, 2.05) is 30.3 Å². The number of hydrogen-bond acceptors (Lipinski definition) is 3. The average Bonchev–Trinajstić information content (AvgIpc) is 2.53. The van der Waals surface area contributed by atoms with E-state index in [-0.39, 0.29) is 37.2 Å². The second-order valence-corrected chi connectivity index (χ2v) is 5.83. The van der Waals surface area contributed by atoms with Crippen molar-refractivity contribution in [1.82, 2.24) is 15.5 Å². The van der Waals surface area contributed by atoms with Crippen LogP contribution in [0.25, 0.3) is 0 Å². The van der Waals surface area contributed by atoms with Crippen LogP contribution in [0.2, 0.25) is 0 Å². The van der Waals surface area contributed by atoms with E-state index in [0.717, 1.165) is 5.56 Å². The molecular weight excluding hydrogens is 310 g/mol. The van der Waals surface area contributed by atoms with Gasteiger partial charge in [-0.2, -0.15) is 0 Å². The number of rotatable bonds is 9. The van der Waals surface area contributed by atoms with Crippen molar-refractivity contribution in [3.8, 4) is 0 Å². The van der Waals surface area contributed by atoms with Crippen LogP contribution in [0.4, 0.5) is 4.79 Å². The molecule has 1 atom stereocenters. The monoisotopic (exact) mass is 335 g/mol. The van der Waals surface area contributed by atoms with E-state index in [1.54, 1.807) is 18.9 Å². The first-order valence-corrected chi connectivity index (χ1v) is 7.90. The summed E-state index contributed by atoms with van der Waals surface area (Å²) >= 11 is 0. The minimum Gasteiger partial charge on any atom is -0.481 e. The van der Waals surface area contributed by atoms with Gasteiger partial charge in [0.25, 0.3) is 0 Å². The summed E-state index contributed by atoms with van der Waals surface area (Å²) in [6.45, 7) is 2.80. The van der Waals surface area contributed by atoms with Gasteiger partial charge >= 0.3 is 12.0 Å². The minimum absolute atomic E-state index is 0.0152. The molecule has 1 aromatic carbocycles. The van der Waals surface area contributed by atoms with Crippen LogP contribution in [0, 0.1) is 5.92 Å². The molecule has 0 bridgehead atoms. The largest absolute Gasteiger partial charge is 0.481 e. The SMILES string of the molecule is CC(CNC(=O)CCNC(=O)N(C)Cc1ccccc1)CC(=O)O. The van der Waals surface area contributed by atoms with Crippen molar-refractivity contribution in [2.24, 2.45) is 5.92 Å². The van der Waals surface area contributed by atoms with Crippen LogP contribution >= 0.6 is 0 Å². The third-order valence-electron chi connectivity index (χ3n) is 3.41. The van der Waals surface area contributed by atoms with Crippen LogP contribution < -0.4 is 10.6 Å². The fourth-order valence-corrected chi connectivity index (χ4v) is 2.09. The van der Waals surface area contributed by atoms with Crippen LogP contribution in [0.1, 0.15) is 25.3 Å². The number of carboxylic acids is 1. The molecule has 3 N–H and O–H groups in total. The molecule has 0 spiro atoms. The average molecular weight is 335 g/mol. The van der Waals surface area contributed by atoms with Gasteiger partial charge in [-0.3, -0.25) is 9.59 Å². The number of carbonyl (C=O) groups excluding carboxylic acids is 2. The smallest absolute Gasteiger partial charge is 0.317 e. The molecule has 24 heavy (non-hydrogen) atoms. The van der Waals surface area contributed by atoms with Gasteiger partial charge in [0.05, 0.1) is 0 Å². The maximum Gasteiger partial charge on any atom is 0.317 e. The van der Waals surface area contributed by atoms with Crippen molar-refractivity contribution in [3.05, 3.63) is 35.9 Å². The van der Waals surface area contributed by atoms with E-state index in [4.69, 9.17) is 5.11 Å². The summed E-state index contributed by atoms with van der Waals surface area (Å²) < 4.78 is 0. The third-order valence-corrected chi connectivity index (χ3v) is 3.41. The standard InChI is InChI=1S/C17H25N3O4/c1-13(10-16(22)23)11-19-15(21)8-9-18-17(24)20(2)12-14-6-4-3-5-7-14/h3-7,13H,8-12H2,1-2H3,(H,18,24)(H,19,21)(H,22,23). The van der Waals surface area contributed by atoms with Crippen LogP contribution in [0.3, 0.4) is 0 Å². The Morgan fingerprint density at radius 1 is 1.17 bits per heavy atom. The maximum absolute atomic E-state index is 11.9. The van der Waals surface area contributed by atoms with Crippen molar-refractivity contribution >= 4 is 17.9 Å². The Morgan fingerprint density at radius 3 is 2.46 bits per heavy atom. The molecule has 0 aliphatic rings. The Hall–Kier alpha value is -2.57. The zero-order valence-electron chi connectivity index (χ0n) is 14.1. The summed E-state index contributed by atoms with van der Waals surface area (Å²) in [6.07, 6.45) is 0.173. The third kappa shape index (κ3) is 8.17. The first-order chi connectivity index (χ1) is 11.4. The molecule has 0 saturated heterocycles. The lowest BCUT2D eigenvalue weighted by Crippen LogP contribution is -2.39. The van der Waals surface area contributed by atoms with Crippen molar-refractivity contribution < 1.29 is 19.5 Å². The summed E-state index contributed by atoms with van der Waals surface area (Å²) in [5.74, 6) is -1.22. The number of urea groups is 1. The van der Waals surface area contributed by atoms with Crippen LogP contribution in [0.15, 0.2) is 30.3 Å². The van der Waals surface area contributed by atoms with Crippen LogP contribution in [-0.2, 0) is 16.1 Å². The molecule has 7 nitrogen and oxygen atoms in total. The van der Waals surface area contributed by atoms with Gasteiger partial charge in [-0.05, 0) is 11.5 Å². The van der Waals surface area contributed by atoms with Crippen molar-refractivity contribution in [3.63, 3.8) is 0 Å². The predicted octanol–water partition coefficient (Wildman–Crippen LogP) is 1.45. The number of nitrogens with zero attached hydrogens (tertiary/aromatic N) is 1. The number of carboxylic acid groups (broad SMARTS) is 1. The number of carbonyl (C=O) groups is 3. The lowest BCUT2D eigenvalue weighted by atomic mass is 10.1. The highest BCUT2D eigenvalue weighted by molar-refractivity contribution is 5.78. The lowest BCUT2D eigenvalue weighted by molar-refractivity contribution is -0.138. The second-order valence-electron chi connectivity index (χ2n) is 5.83. The molecule has 0 saturated carbocycles. The topological polar surface area (TPSA) is 98.7 Å². The molecule has 0 fully saturated rings. The Labute approximate surface area is 142 Å². The Bertz CT molecular complexity index is 548. The molecule has 3 amide bonds. The Kier molecular flexibility index (Phi) is 8.32. The Balaban J connectivity index is 2.20. The predicted molar refractivity (Wildman–Crippen MR) is 90.4 cm³/mol. The summed E-state index contributed by atoms with van der Waals surface area (Å²) in [5, 5.41) is 14.0. The van der Waals surface area contributed by atoms with E-state index < -0.39 is 5.97 Å². The molecule has 1 rings (SSSR count). The Morgan fingerprint density at radius 2 is 1.83 bits per heavy atom. The van der Waals surface area contributed by atoms with Gasteiger partial charge in [-0.15, -0.1) is 0 Å². The van der Waals surface area contributed by atoms with Crippen molar-refractivity contribution in [1.29, 1.82) is 0 Å². The molecule has 1 aromatic rings. The fourth-order valence-electron chi connectivity index (χ4n) is 2.09. The van der Waals surface area contributed by atoms with Crippen LogP contribution in [0.5, 0.6) is 0 Å². The molecule has 0 aromatic heterocycles. The van der Waals surface area contributed by atoms with Gasteiger partial charge in [0.2, 0.25) is 5.91 Å². The van der Waals surface area contributed by atoms with E-state index >= 15 is 0 Å². The first kappa shape index (κ1) is 19.5. The van der Waals surface area contributed by atoms with Crippen molar-refractivity contribution in [2.75, 3.05) is 20.1 Å². The highest BCUT2D eigenvalue weighted by Crippen LogP contribution is 2.02. The summed E-state index contributed by atoms with van der Waals surface area (Å²) in [5.41, 5.74) is 1.03. The van der Waals surface area contributed by atoms with E-state index in [9.17, 15) is 14.4 Å². The molecule has 0 aliphatic heterocycles.